The van der Waals surface area contributed by atoms with Gasteiger partial charge in [-0.25, -0.2) is 0 Å². The molecule has 2 rings (SSSR count). The molecule has 21 heavy (non-hydrogen) atoms. The molecule has 0 bridgehead atoms. The van der Waals surface area contributed by atoms with Crippen molar-refractivity contribution in [1.29, 1.82) is 0 Å². The molecule has 0 aliphatic rings. The van der Waals surface area contributed by atoms with Crippen LogP contribution in [-0.2, 0) is 13.2 Å². The molecule has 0 amide bonds. The van der Waals surface area contributed by atoms with Crippen LogP contribution in [0.2, 0.25) is 0 Å². The van der Waals surface area contributed by atoms with Crippen molar-refractivity contribution in [3.8, 4) is 11.5 Å². The molecule has 0 radical (unpaired) electrons. The number of benzene rings is 2. The van der Waals surface area contributed by atoms with Crippen molar-refractivity contribution in [2.24, 2.45) is 0 Å². The molecular weight excluding hydrogens is 275 g/mol. The SMILES string of the molecule is O.O.OCc1ccccc1OBOc1ccccc1CO. The number of rotatable bonds is 6. The van der Waals surface area contributed by atoms with Gasteiger partial charge in [-0.3, -0.25) is 0 Å². The quantitative estimate of drug-likeness (QED) is 0.713. The molecule has 0 spiro atoms. The molecule has 0 aliphatic carbocycles. The van der Waals surface area contributed by atoms with Crippen LogP contribution in [0.15, 0.2) is 48.5 Å². The van der Waals surface area contributed by atoms with Gasteiger partial charge in [-0.15, -0.1) is 0 Å². The summed E-state index contributed by atoms with van der Waals surface area (Å²) in [4.78, 5) is 0. The van der Waals surface area contributed by atoms with E-state index in [0.29, 0.717) is 22.6 Å². The Balaban J connectivity index is 0.00000200. The van der Waals surface area contributed by atoms with Crippen LogP contribution in [0.3, 0.4) is 0 Å². The van der Waals surface area contributed by atoms with Crippen LogP contribution >= 0.6 is 0 Å². The van der Waals surface area contributed by atoms with Crippen LogP contribution in [-0.4, -0.2) is 28.9 Å². The summed E-state index contributed by atoms with van der Waals surface area (Å²) < 4.78 is 10.9. The summed E-state index contributed by atoms with van der Waals surface area (Å²) in [5, 5.41) is 18.3. The van der Waals surface area contributed by atoms with Crippen LogP contribution < -0.4 is 9.31 Å². The van der Waals surface area contributed by atoms with Gasteiger partial charge in [0, 0.05) is 11.1 Å². The highest BCUT2D eigenvalue weighted by molar-refractivity contribution is 6.20. The largest absolute Gasteiger partial charge is 0.576 e. The van der Waals surface area contributed by atoms with Gasteiger partial charge >= 0.3 is 7.69 Å². The summed E-state index contributed by atoms with van der Waals surface area (Å²) in [7, 11) is 0.0219. The fraction of sp³-hybridized carbons (Fsp3) is 0.143. The van der Waals surface area contributed by atoms with Crippen LogP contribution in [0.1, 0.15) is 11.1 Å². The Bertz CT molecular complexity index is 487. The van der Waals surface area contributed by atoms with Crippen molar-refractivity contribution in [2.45, 2.75) is 13.2 Å². The van der Waals surface area contributed by atoms with E-state index in [0.717, 1.165) is 0 Å². The summed E-state index contributed by atoms with van der Waals surface area (Å²) in [6.45, 7) is -0.160. The molecule has 6 N–H and O–H groups in total. The maximum atomic E-state index is 9.16. The number of hydrogen-bond acceptors (Lipinski definition) is 4. The topological polar surface area (TPSA) is 122 Å². The van der Waals surface area contributed by atoms with Crippen LogP contribution in [0.25, 0.3) is 0 Å². The fourth-order valence-corrected chi connectivity index (χ4v) is 1.71. The van der Waals surface area contributed by atoms with Gasteiger partial charge < -0.3 is 30.5 Å². The van der Waals surface area contributed by atoms with E-state index in [2.05, 4.69) is 0 Å². The highest BCUT2D eigenvalue weighted by Gasteiger charge is 2.06. The predicted molar refractivity (Wildman–Crippen MR) is 80.4 cm³/mol. The molecule has 2 aromatic carbocycles. The molecule has 0 saturated heterocycles. The Labute approximate surface area is 123 Å². The zero-order valence-electron chi connectivity index (χ0n) is 11.5. The zero-order valence-corrected chi connectivity index (χ0v) is 11.5. The first-order valence-electron chi connectivity index (χ1n) is 5.98. The Morgan fingerprint density at radius 2 is 1.10 bits per heavy atom. The van der Waals surface area contributed by atoms with E-state index in [9.17, 15) is 0 Å². The van der Waals surface area contributed by atoms with Gasteiger partial charge in [-0.1, -0.05) is 36.4 Å². The summed E-state index contributed by atoms with van der Waals surface area (Å²) >= 11 is 0. The van der Waals surface area contributed by atoms with Gasteiger partial charge in [-0.2, -0.15) is 0 Å². The fourth-order valence-electron chi connectivity index (χ4n) is 1.71. The molecule has 0 aromatic heterocycles. The highest BCUT2D eigenvalue weighted by atomic mass is 16.6. The average Bonchev–Trinajstić information content (AvgIpc) is 2.48. The van der Waals surface area contributed by atoms with Crippen molar-refractivity contribution in [3.63, 3.8) is 0 Å². The Morgan fingerprint density at radius 1 is 0.714 bits per heavy atom. The van der Waals surface area contributed by atoms with Gasteiger partial charge in [0.05, 0.1) is 13.2 Å². The molecule has 7 heteroatoms. The summed E-state index contributed by atoms with van der Waals surface area (Å²) in [5.74, 6) is 1.18. The summed E-state index contributed by atoms with van der Waals surface area (Å²) in [6.07, 6.45) is 0. The second-order valence-corrected chi connectivity index (χ2v) is 3.94. The number of para-hydroxylation sites is 2. The third kappa shape index (κ3) is 5.09. The normalized spacial score (nSPS) is 9.05. The van der Waals surface area contributed by atoms with Gasteiger partial charge in [-0.05, 0) is 12.1 Å². The molecule has 0 fully saturated rings. The first-order valence-corrected chi connectivity index (χ1v) is 5.98. The molecule has 2 aromatic rings. The number of aliphatic hydroxyl groups is 2. The van der Waals surface area contributed by atoms with Crippen LogP contribution in [0.5, 0.6) is 11.5 Å². The summed E-state index contributed by atoms with van der Waals surface area (Å²) in [5.41, 5.74) is 1.42. The van der Waals surface area contributed by atoms with Crippen molar-refractivity contribution in [3.05, 3.63) is 59.7 Å². The monoisotopic (exact) mass is 294 g/mol. The van der Waals surface area contributed by atoms with E-state index in [4.69, 9.17) is 19.5 Å². The first-order chi connectivity index (χ1) is 9.35. The molecule has 0 aliphatic heterocycles. The maximum Gasteiger partial charge on any atom is 0.576 e. The number of hydrogen-bond donors (Lipinski definition) is 2. The minimum Gasteiger partial charge on any atom is -0.528 e. The summed E-state index contributed by atoms with van der Waals surface area (Å²) in [6, 6.07) is 14.4. The van der Waals surface area contributed by atoms with Crippen LogP contribution in [0, 0.1) is 0 Å². The first kappa shape index (κ1) is 18.9. The van der Waals surface area contributed by atoms with E-state index in [1.807, 2.05) is 24.3 Å². The minimum atomic E-state index is -0.0800. The third-order valence-corrected chi connectivity index (χ3v) is 2.71. The maximum absolute atomic E-state index is 9.16. The lowest BCUT2D eigenvalue weighted by molar-refractivity contribution is 0.275. The molecule has 0 saturated carbocycles. The third-order valence-electron chi connectivity index (χ3n) is 2.71. The lowest BCUT2D eigenvalue weighted by Crippen LogP contribution is -2.13. The minimum absolute atomic E-state index is 0. The van der Waals surface area contributed by atoms with Crippen molar-refractivity contribution >= 4 is 7.69 Å². The lowest BCUT2D eigenvalue weighted by Gasteiger charge is -2.12. The zero-order chi connectivity index (χ0) is 13.5. The van der Waals surface area contributed by atoms with E-state index in [1.165, 1.54) is 0 Å². The van der Waals surface area contributed by atoms with Gasteiger partial charge in [0.1, 0.15) is 11.5 Å². The van der Waals surface area contributed by atoms with E-state index >= 15 is 0 Å². The molecule has 114 valence electrons. The molecule has 6 nitrogen and oxygen atoms in total. The highest BCUT2D eigenvalue weighted by Crippen LogP contribution is 2.19. The van der Waals surface area contributed by atoms with Crippen molar-refractivity contribution in [1.82, 2.24) is 0 Å². The Kier molecular flexibility index (Phi) is 8.83. The second kappa shape index (κ2) is 9.79. The van der Waals surface area contributed by atoms with Crippen LogP contribution in [0.4, 0.5) is 0 Å². The average molecular weight is 294 g/mol. The van der Waals surface area contributed by atoms with Gasteiger partial charge in [0.15, 0.2) is 0 Å². The van der Waals surface area contributed by atoms with E-state index in [1.54, 1.807) is 24.3 Å². The molecule has 0 heterocycles. The Hall–Kier alpha value is -2.06. The van der Waals surface area contributed by atoms with Gasteiger partial charge in [0.25, 0.3) is 0 Å². The van der Waals surface area contributed by atoms with E-state index < -0.39 is 0 Å². The lowest BCUT2D eigenvalue weighted by atomic mass is 10.2. The standard InChI is InChI=1S/C14H15BO4.2H2O/c16-9-11-5-1-3-7-13(11)18-15-19-14-8-4-2-6-12(14)10-17;;/h1-8,15-17H,9-10H2;2*1H2. The van der Waals surface area contributed by atoms with Gasteiger partial charge in [0.2, 0.25) is 0 Å². The Morgan fingerprint density at radius 3 is 1.48 bits per heavy atom. The molecule has 0 atom stereocenters. The predicted octanol–water partition coefficient (Wildman–Crippen LogP) is -0.254. The smallest absolute Gasteiger partial charge is 0.528 e. The van der Waals surface area contributed by atoms with E-state index in [-0.39, 0.29) is 31.9 Å². The second-order valence-electron chi connectivity index (χ2n) is 3.94. The molecule has 0 unspecified atom stereocenters. The number of aliphatic hydroxyl groups excluding tert-OH is 2. The van der Waals surface area contributed by atoms with Crippen molar-refractivity contribution in [2.75, 3.05) is 0 Å². The van der Waals surface area contributed by atoms with Crippen molar-refractivity contribution < 1.29 is 30.5 Å². The molecular formula is C14H19BO6.